The number of hydrogen-bond acceptors (Lipinski definition) is 3. The van der Waals surface area contributed by atoms with Gasteiger partial charge >= 0.3 is 12.3 Å². The van der Waals surface area contributed by atoms with Crippen LogP contribution in [0.4, 0.5) is 18.0 Å². The van der Waals surface area contributed by atoms with Crippen molar-refractivity contribution >= 4 is 6.09 Å². The molecule has 0 spiro atoms. The van der Waals surface area contributed by atoms with E-state index in [-0.39, 0.29) is 24.9 Å². The summed E-state index contributed by atoms with van der Waals surface area (Å²) in [6.45, 7) is 7.77. The lowest BCUT2D eigenvalue weighted by Gasteiger charge is -2.33. The molecule has 1 aliphatic carbocycles. The number of carbonyl (C=O) groups is 1. The van der Waals surface area contributed by atoms with Gasteiger partial charge in [0.25, 0.3) is 0 Å². The number of amides is 1. The SMILES string of the molecule is CCC(CNC(=O)OC(C)(C)C)NC1CCC(C(F)(F)F)CC1. The van der Waals surface area contributed by atoms with Gasteiger partial charge in [-0.15, -0.1) is 0 Å². The van der Waals surface area contributed by atoms with Crippen LogP contribution in [0.5, 0.6) is 0 Å². The van der Waals surface area contributed by atoms with Gasteiger partial charge in [0.15, 0.2) is 0 Å². The Bertz CT molecular complexity index is 373. The molecule has 7 heteroatoms. The average Bonchev–Trinajstić information content (AvgIpc) is 2.41. The fourth-order valence-corrected chi connectivity index (χ4v) is 2.76. The molecule has 2 N–H and O–H groups in total. The summed E-state index contributed by atoms with van der Waals surface area (Å²) >= 11 is 0. The fourth-order valence-electron chi connectivity index (χ4n) is 2.76. The maximum atomic E-state index is 12.7. The molecule has 1 aliphatic rings. The van der Waals surface area contributed by atoms with Gasteiger partial charge in [-0.1, -0.05) is 6.92 Å². The van der Waals surface area contributed by atoms with Crippen LogP contribution in [0.25, 0.3) is 0 Å². The van der Waals surface area contributed by atoms with Crippen molar-refractivity contribution in [2.75, 3.05) is 6.54 Å². The van der Waals surface area contributed by atoms with E-state index in [0.717, 1.165) is 6.42 Å². The molecule has 0 aliphatic heterocycles. The van der Waals surface area contributed by atoms with Crippen molar-refractivity contribution in [3.05, 3.63) is 0 Å². The van der Waals surface area contributed by atoms with Gasteiger partial charge in [0, 0.05) is 18.6 Å². The minimum Gasteiger partial charge on any atom is -0.444 e. The Morgan fingerprint density at radius 3 is 2.17 bits per heavy atom. The van der Waals surface area contributed by atoms with Crippen molar-refractivity contribution in [3.8, 4) is 0 Å². The van der Waals surface area contributed by atoms with Crippen molar-refractivity contribution < 1.29 is 22.7 Å². The van der Waals surface area contributed by atoms with Gasteiger partial charge in [-0.05, 0) is 52.9 Å². The highest BCUT2D eigenvalue weighted by Crippen LogP contribution is 2.37. The van der Waals surface area contributed by atoms with Crippen LogP contribution in [-0.4, -0.2) is 36.5 Å². The number of alkyl halides is 3. The molecule has 1 saturated carbocycles. The Morgan fingerprint density at radius 2 is 1.74 bits per heavy atom. The molecule has 1 atom stereocenters. The average molecular weight is 338 g/mol. The smallest absolute Gasteiger partial charge is 0.407 e. The lowest BCUT2D eigenvalue weighted by molar-refractivity contribution is -0.182. The minimum atomic E-state index is -4.08. The fraction of sp³-hybridized carbons (Fsp3) is 0.938. The zero-order chi connectivity index (χ0) is 17.7. The van der Waals surface area contributed by atoms with E-state index in [1.54, 1.807) is 20.8 Å². The summed E-state index contributed by atoms with van der Waals surface area (Å²) in [5.74, 6) is -1.17. The molecular formula is C16H29F3N2O2. The quantitative estimate of drug-likeness (QED) is 0.796. The Hall–Kier alpha value is -0.980. The summed E-state index contributed by atoms with van der Waals surface area (Å²) < 4.78 is 43.2. The van der Waals surface area contributed by atoms with Crippen LogP contribution in [0.1, 0.15) is 59.8 Å². The van der Waals surface area contributed by atoms with Gasteiger partial charge in [-0.3, -0.25) is 0 Å². The van der Waals surface area contributed by atoms with Gasteiger partial charge in [-0.25, -0.2) is 4.79 Å². The molecular weight excluding hydrogens is 309 g/mol. The van der Waals surface area contributed by atoms with Crippen LogP contribution >= 0.6 is 0 Å². The first-order valence-corrected chi connectivity index (χ1v) is 8.31. The number of hydrogen-bond donors (Lipinski definition) is 2. The summed E-state index contributed by atoms with van der Waals surface area (Å²) in [7, 11) is 0. The van der Waals surface area contributed by atoms with Gasteiger partial charge in [-0.2, -0.15) is 13.2 Å². The molecule has 0 aromatic heterocycles. The number of ether oxygens (including phenoxy) is 1. The van der Waals surface area contributed by atoms with Gasteiger partial charge in [0.05, 0.1) is 5.92 Å². The molecule has 23 heavy (non-hydrogen) atoms. The van der Waals surface area contributed by atoms with E-state index in [1.807, 2.05) is 6.92 Å². The van der Waals surface area contributed by atoms with E-state index in [4.69, 9.17) is 4.74 Å². The molecule has 4 nitrogen and oxygen atoms in total. The summed E-state index contributed by atoms with van der Waals surface area (Å²) in [5.41, 5.74) is -0.546. The van der Waals surface area contributed by atoms with Crippen molar-refractivity contribution in [1.29, 1.82) is 0 Å². The van der Waals surface area contributed by atoms with E-state index in [0.29, 0.717) is 19.4 Å². The van der Waals surface area contributed by atoms with Crippen LogP contribution < -0.4 is 10.6 Å². The maximum Gasteiger partial charge on any atom is 0.407 e. The van der Waals surface area contributed by atoms with Crippen LogP contribution in [0.2, 0.25) is 0 Å². The van der Waals surface area contributed by atoms with E-state index in [2.05, 4.69) is 10.6 Å². The van der Waals surface area contributed by atoms with Gasteiger partial charge in [0.1, 0.15) is 5.60 Å². The number of alkyl carbamates (subject to hydrolysis) is 1. The summed E-state index contributed by atoms with van der Waals surface area (Å²) in [5, 5.41) is 6.07. The number of halogens is 3. The molecule has 1 rings (SSSR count). The Balaban J connectivity index is 2.33. The van der Waals surface area contributed by atoms with Crippen LogP contribution in [0.15, 0.2) is 0 Å². The normalized spacial score (nSPS) is 24.1. The van der Waals surface area contributed by atoms with E-state index in [9.17, 15) is 18.0 Å². The predicted molar refractivity (Wildman–Crippen MR) is 83.3 cm³/mol. The molecule has 0 saturated heterocycles. The highest BCUT2D eigenvalue weighted by atomic mass is 19.4. The second-order valence-corrected chi connectivity index (χ2v) is 7.24. The molecule has 0 bridgehead atoms. The molecule has 1 unspecified atom stereocenters. The monoisotopic (exact) mass is 338 g/mol. The van der Waals surface area contributed by atoms with Crippen molar-refractivity contribution in [2.45, 2.75) is 83.7 Å². The molecule has 136 valence electrons. The third-order valence-electron chi connectivity index (χ3n) is 4.05. The molecule has 0 aromatic carbocycles. The third-order valence-corrected chi connectivity index (χ3v) is 4.05. The summed E-state index contributed by atoms with van der Waals surface area (Å²) in [4.78, 5) is 11.6. The second-order valence-electron chi connectivity index (χ2n) is 7.24. The van der Waals surface area contributed by atoms with Crippen molar-refractivity contribution in [2.24, 2.45) is 5.92 Å². The number of nitrogens with one attached hydrogen (secondary N) is 2. The first kappa shape index (κ1) is 20.1. The molecule has 0 aromatic rings. The Labute approximate surface area is 136 Å². The summed E-state index contributed by atoms with van der Waals surface area (Å²) in [6, 6.07) is 0.119. The second kappa shape index (κ2) is 8.22. The van der Waals surface area contributed by atoms with E-state index in [1.165, 1.54) is 0 Å². The molecule has 0 heterocycles. The topological polar surface area (TPSA) is 50.4 Å². The Kier molecular flexibility index (Phi) is 7.17. The first-order valence-electron chi connectivity index (χ1n) is 8.31. The largest absolute Gasteiger partial charge is 0.444 e. The number of rotatable bonds is 5. The predicted octanol–water partition coefficient (Wildman–Crippen LogP) is 4.00. The van der Waals surface area contributed by atoms with Crippen LogP contribution in [0.3, 0.4) is 0 Å². The lowest BCUT2D eigenvalue weighted by atomic mass is 9.85. The van der Waals surface area contributed by atoms with Gasteiger partial charge in [0.2, 0.25) is 0 Å². The highest BCUT2D eigenvalue weighted by Gasteiger charge is 2.41. The molecule has 0 radical (unpaired) electrons. The third kappa shape index (κ3) is 7.90. The number of carbonyl (C=O) groups excluding carboxylic acids is 1. The van der Waals surface area contributed by atoms with Crippen LogP contribution in [-0.2, 0) is 4.74 Å². The van der Waals surface area contributed by atoms with Crippen LogP contribution in [0, 0.1) is 5.92 Å². The van der Waals surface area contributed by atoms with E-state index >= 15 is 0 Å². The molecule has 1 fully saturated rings. The zero-order valence-electron chi connectivity index (χ0n) is 14.4. The van der Waals surface area contributed by atoms with E-state index < -0.39 is 23.8 Å². The van der Waals surface area contributed by atoms with Crippen molar-refractivity contribution in [3.63, 3.8) is 0 Å². The van der Waals surface area contributed by atoms with Crippen molar-refractivity contribution in [1.82, 2.24) is 10.6 Å². The maximum absolute atomic E-state index is 12.7. The Morgan fingerprint density at radius 1 is 1.17 bits per heavy atom. The molecule has 1 amide bonds. The minimum absolute atomic E-state index is 0.0370. The highest BCUT2D eigenvalue weighted by molar-refractivity contribution is 5.67. The summed E-state index contributed by atoms with van der Waals surface area (Å²) in [6.07, 6.45) is -2.37. The lowest BCUT2D eigenvalue weighted by Crippen LogP contribution is -2.47. The first-order chi connectivity index (χ1) is 10.5. The zero-order valence-corrected chi connectivity index (χ0v) is 14.4. The van der Waals surface area contributed by atoms with Gasteiger partial charge < -0.3 is 15.4 Å². The standard InChI is InChI=1S/C16H29F3N2O2/c1-5-12(10-20-14(22)23-15(2,3)4)21-13-8-6-11(7-9-13)16(17,18)19/h11-13,21H,5-10H2,1-4H3,(H,20,22).